The molecule has 31 heavy (non-hydrogen) atoms. The van der Waals surface area contributed by atoms with Gasteiger partial charge in [0.05, 0.1) is 16.7 Å². The Hall–Kier alpha value is -2.36. The highest BCUT2D eigenvalue weighted by Gasteiger charge is 2.23. The van der Waals surface area contributed by atoms with Crippen molar-refractivity contribution in [1.82, 2.24) is 10.3 Å². The fraction of sp³-hybridized carbons (Fsp3) is 0.130. The summed E-state index contributed by atoms with van der Waals surface area (Å²) in [7, 11) is 0. The Morgan fingerprint density at radius 1 is 1.06 bits per heavy atom. The maximum atomic E-state index is 11.5. The van der Waals surface area contributed by atoms with Gasteiger partial charge in [-0.15, -0.1) is 0 Å². The van der Waals surface area contributed by atoms with Gasteiger partial charge in [-0.05, 0) is 76.2 Å². The second-order valence-electron chi connectivity index (χ2n) is 7.02. The fourth-order valence-corrected chi connectivity index (χ4v) is 4.52. The highest BCUT2D eigenvalue weighted by atomic mass is 127. The van der Waals surface area contributed by atoms with Gasteiger partial charge in [0, 0.05) is 13.0 Å². The van der Waals surface area contributed by atoms with Crippen LogP contribution in [0, 0.1) is 0 Å². The van der Waals surface area contributed by atoms with Gasteiger partial charge in [-0.25, -0.2) is 4.98 Å². The Morgan fingerprint density at radius 3 is 2.48 bits per heavy atom. The van der Waals surface area contributed by atoms with Crippen molar-refractivity contribution in [3.05, 3.63) is 76.9 Å². The van der Waals surface area contributed by atoms with E-state index < -0.39 is 3.55 Å². The highest BCUT2D eigenvalue weighted by molar-refractivity contribution is 14.1. The molecule has 8 heteroatoms. The van der Waals surface area contributed by atoms with E-state index in [2.05, 4.69) is 39.0 Å². The minimum atomic E-state index is -0.483. The van der Waals surface area contributed by atoms with Gasteiger partial charge in [0.15, 0.2) is 0 Å². The molecule has 0 fully saturated rings. The quantitative estimate of drug-likeness (QED) is 0.152. The van der Waals surface area contributed by atoms with E-state index in [0.29, 0.717) is 27.3 Å². The summed E-state index contributed by atoms with van der Waals surface area (Å²) in [6, 6.07) is 17.2. The second kappa shape index (κ2) is 9.02. The lowest BCUT2D eigenvalue weighted by molar-refractivity contribution is -0.119. The van der Waals surface area contributed by atoms with E-state index in [0.717, 1.165) is 16.3 Å². The smallest absolute Gasteiger partial charge is 0.218 e. The zero-order chi connectivity index (χ0) is 22.0. The molecule has 4 aromatic rings. The van der Waals surface area contributed by atoms with Crippen LogP contribution in [0.3, 0.4) is 0 Å². The number of nitrogens with zero attached hydrogens (tertiary/aromatic N) is 1. The molecule has 1 atom stereocenters. The standard InChI is InChI=1S/C23H18ClIN2O3S/c1-14(28)27-23(2,25)17-5-3-16-10-18(6-4-15(16)9-17)29-21-8-7-19(11-20(21)24)30-22-12-26-13-31-22/h3-13H,1-2H3,(H,27,28). The molecule has 0 spiro atoms. The van der Waals surface area contributed by atoms with E-state index >= 15 is 0 Å². The lowest BCUT2D eigenvalue weighted by atomic mass is 10.0. The molecule has 5 nitrogen and oxygen atoms in total. The minimum absolute atomic E-state index is 0.0684. The van der Waals surface area contributed by atoms with E-state index in [4.69, 9.17) is 21.1 Å². The molecule has 0 saturated carbocycles. The van der Waals surface area contributed by atoms with E-state index in [1.165, 1.54) is 18.3 Å². The number of carbonyl (C=O) groups excluding carboxylic acids is 1. The van der Waals surface area contributed by atoms with E-state index in [-0.39, 0.29) is 5.91 Å². The number of rotatable bonds is 6. The van der Waals surface area contributed by atoms with Gasteiger partial charge in [0.1, 0.15) is 20.8 Å². The van der Waals surface area contributed by atoms with Crippen LogP contribution in [-0.4, -0.2) is 10.9 Å². The molecule has 1 aromatic heterocycles. The normalized spacial score (nSPS) is 12.9. The molecule has 3 aromatic carbocycles. The first-order valence-corrected chi connectivity index (χ1v) is 11.7. The van der Waals surface area contributed by atoms with Gasteiger partial charge in [-0.1, -0.05) is 41.1 Å². The van der Waals surface area contributed by atoms with Crippen LogP contribution in [0.25, 0.3) is 10.8 Å². The second-order valence-corrected chi connectivity index (χ2v) is 10.4. The maximum Gasteiger partial charge on any atom is 0.218 e. The van der Waals surface area contributed by atoms with Gasteiger partial charge in [0.2, 0.25) is 11.0 Å². The number of aromatic nitrogens is 1. The van der Waals surface area contributed by atoms with Crippen LogP contribution >= 0.6 is 45.5 Å². The molecule has 0 aliphatic rings. The lowest BCUT2D eigenvalue weighted by Crippen LogP contribution is -2.36. The van der Waals surface area contributed by atoms with Gasteiger partial charge < -0.3 is 14.8 Å². The first-order chi connectivity index (χ1) is 14.8. The number of amides is 1. The van der Waals surface area contributed by atoms with Gasteiger partial charge in [0.25, 0.3) is 0 Å². The lowest BCUT2D eigenvalue weighted by Gasteiger charge is -2.24. The Bertz CT molecular complexity index is 1250. The van der Waals surface area contributed by atoms with Crippen LogP contribution in [0.1, 0.15) is 19.4 Å². The molecule has 1 unspecified atom stereocenters. The Kier molecular flexibility index (Phi) is 6.36. The van der Waals surface area contributed by atoms with Crippen LogP contribution in [0.2, 0.25) is 5.02 Å². The number of hydrogen-bond acceptors (Lipinski definition) is 5. The fourth-order valence-electron chi connectivity index (χ4n) is 3.11. The molecule has 0 radical (unpaired) electrons. The number of benzene rings is 3. The summed E-state index contributed by atoms with van der Waals surface area (Å²) >= 11 is 10.0. The molecule has 1 N–H and O–H groups in total. The molecular formula is C23H18ClIN2O3S. The van der Waals surface area contributed by atoms with Crippen molar-refractivity contribution >= 4 is 62.2 Å². The van der Waals surface area contributed by atoms with Crippen molar-refractivity contribution in [3.63, 3.8) is 0 Å². The molecule has 0 aliphatic carbocycles. The number of ether oxygens (including phenoxy) is 2. The van der Waals surface area contributed by atoms with E-state index in [9.17, 15) is 4.79 Å². The monoisotopic (exact) mass is 564 g/mol. The van der Waals surface area contributed by atoms with Crippen molar-refractivity contribution in [3.8, 4) is 22.3 Å². The van der Waals surface area contributed by atoms with Crippen molar-refractivity contribution in [1.29, 1.82) is 0 Å². The van der Waals surface area contributed by atoms with Gasteiger partial charge in [-0.2, -0.15) is 0 Å². The first kappa shape index (κ1) is 21.9. The molecule has 0 bridgehead atoms. The summed E-state index contributed by atoms with van der Waals surface area (Å²) < 4.78 is 11.2. The predicted octanol–water partition coefficient (Wildman–Crippen LogP) is 7.28. The third-order valence-corrected chi connectivity index (χ3v) is 6.36. The molecule has 0 aliphatic heterocycles. The highest BCUT2D eigenvalue weighted by Crippen LogP contribution is 2.36. The largest absolute Gasteiger partial charge is 0.456 e. The molecular weight excluding hydrogens is 547 g/mol. The number of carbonyl (C=O) groups is 1. The van der Waals surface area contributed by atoms with Crippen LogP contribution in [-0.2, 0) is 8.34 Å². The van der Waals surface area contributed by atoms with Gasteiger partial charge in [-0.3, -0.25) is 4.79 Å². The summed E-state index contributed by atoms with van der Waals surface area (Å²) in [4.78, 5) is 15.5. The van der Waals surface area contributed by atoms with Crippen LogP contribution in [0.4, 0.5) is 0 Å². The third kappa shape index (κ3) is 5.28. The molecule has 4 rings (SSSR count). The number of thiazole rings is 1. The SMILES string of the molecule is CC(=O)NC(C)(I)c1ccc2cc(Oc3ccc(Oc4cncs4)cc3Cl)ccc2c1. The van der Waals surface area contributed by atoms with Crippen molar-refractivity contribution in [2.75, 3.05) is 0 Å². The van der Waals surface area contributed by atoms with Crippen LogP contribution < -0.4 is 14.8 Å². The number of alkyl halides is 1. The Morgan fingerprint density at radius 2 is 1.77 bits per heavy atom. The summed E-state index contributed by atoms with van der Waals surface area (Å²) in [6.07, 6.45) is 1.65. The van der Waals surface area contributed by atoms with Gasteiger partial charge >= 0.3 is 0 Å². The number of hydrogen-bond donors (Lipinski definition) is 1. The van der Waals surface area contributed by atoms with Crippen molar-refractivity contribution in [2.45, 2.75) is 17.4 Å². The molecule has 1 amide bonds. The molecule has 1 heterocycles. The molecule has 158 valence electrons. The Balaban J connectivity index is 1.54. The topological polar surface area (TPSA) is 60.5 Å². The first-order valence-electron chi connectivity index (χ1n) is 9.36. The number of nitrogens with one attached hydrogen (secondary N) is 1. The minimum Gasteiger partial charge on any atom is -0.456 e. The van der Waals surface area contributed by atoms with E-state index in [1.807, 2.05) is 37.3 Å². The third-order valence-electron chi connectivity index (χ3n) is 4.52. The zero-order valence-electron chi connectivity index (χ0n) is 16.7. The summed E-state index contributed by atoms with van der Waals surface area (Å²) in [5, 5.41) is 6.19. The average Bonchev–Trinajstić information content (AvgIpc) is 3.21. The molecule has 0 saturated heterocycles. The zero-order valence-corrected chi connectivity index (χ0v) is 20.4. The van der Waals surface area contributed by atoms with Crippen LogP contribution in [0.5, 0.6) is 22.3 Å². The van der Waals surface area contributed by atoms with E-state index in [1.54, 1.807) is 29.9 Å². The van der Waals surface area contributed by atoms with Crippen molar-refractivity contribution < 1.29 is 14.3 Å². The summed E-state index contributed by atoms with van der Waals surface area (Å²) in [6.45, 7) is 3.49. The number of halogens is 2. The summed E-state index contributed by atoms with van der Waals surface area (Å²) in [5.74, 6) is 1.77. The Labute approximate surface area is 202 Å². The van der Waals surface area contributed by atoms with Crippen LogP contribution in [0.15, 0.2) is 66.3 Å². The van der Waals surface area contributed by atoms with Crippen molar-refractivity contribution in [2.24, 2.45) is 0 Å². The maximum absolute atomic E-state index is 11.5. The predicted molar refractivity (Wildman–Crippen MR) is 133 cm³/mol. The number of fused-ring (bicyclic) bond motifs is 1. The summed E-state index contributed by atoms with van der Waals surface area (Å²) in [5.41, 5.74) is 2.72. The average molecular weight is 565 g/mol.